The third kappa shape index (κ3) is 4.47. The number of amides is 1. The molecule has 5 N–H and O–H groups in total. The fourth-order valence-corrected chi connectivity index (χ4v) is 4.52. The molecule has 0 radical (unpaired) electrons. The number of carbonyl (C=O) groups is 1. The van der Waals surface area contributed by atoms with E-state index in [0.29, 0.717) is 5.69 Å². The Morgan fingerprint density at radius 3 is 2.93 bits per heavy atom. The lowest BCUT2D eigenvalue weighted by Crippen LogP contribution is -2.15. The van der Waals surface area contributed by atoms with Crippen molar-refractivity contribution in [2.75, 3.05) is 17.7 Å². The Hall–Kier alpha value is -2.91. The van der Waals surface area contributed by atoms with Gasteiger partial charge in [0, 0.05) is 28.0 Å². The number of aromatic amines is 1. The molecular formula is C21H26N6O2S. The summed E-state index contributed by atoms with van der Waals surface area (Å²) < 4.78 is 4.73. The number of H-pyrrole nitrogens is 1. The molecule has 3 aromatic rings. The van der Waals surface area contributed by atoms with Crippen LogP contribution in [0.1, 0.15) is 54.3 Å². The minimum absolute atomic E-state index is 0.0638. The number of nitrogens with two attached hydrogens (primary N) is 1. The predicted octanol–water partition coefficient (Wildman–Crippen LogP) is 4.75. The monoisotopic (exact) mass is 426 g/mol. The molecule has 1 amide bonds. The van der Waals surface area contributed by atoms with Gasteiger partial charge in [0.05, 0.1) is 31.1 Å². The van der Waals surface area contributed by atoms with E-state index in [-0.39, 0.29) is 12.1 Å². The number of anilines is 2. The van der Waals surface area contributed by atoms with Crippen LogP contribution >= 0.6 is 11.3 Å². The van der Waals surface area contributed by atoms with E-state index in [1.807, 2.05) is 31.3 Å². The van der Waals surface area contributed by atoms with Crippen LogP contribution in [-0.4, -0.2) is 28.2 Å². The normalized spacial score (nSPS) is 19.0. The van der Waals surface area contributed by atoms with Crippen molar-refractivity contribution >= 4 is 28.8 Å². The number of hydrogen-bond donors (Lipinski definition) is 4. The molecule has 30 heavy (non-hydrogen) atoms. The zero-order valence-corrected chi connectivity index (χ0v) is 17.9. The van der Waals surface area contributed by atoms with Crippen LogP contribution in [0.2, 0.25) is 0 Å². The van der Waals surface area contributed by atoms with Gasteiger partial charge in [-0.05, 0) is 38.0 Å². The van der Waals surface area contributed by atoms with E-state index < -0.39 is 6.09 Å². The van der Waals surface area contributed by atoms with Crippen molar-refractivity contribution in [2.24, 2.45) is 5.73 Å². The Bertz CT molecular complexity index is 1030. The van der Waals surface area contributed by atoms with Crippen molar-refractivity contribution in [1.29, 1.82) is 0 Å². The number of hydrogen-bond acceptors (Lipinski definition) is 7. The highest BCUT2D eigenvalue weighted by Crippen LogP contribution is 2.36. The van der Waals surface area contributed by atoms with Gasteiger partial charge in [0.25, 0.3) is 0 Å². The fraction of sp³-hybridized carbons (Fsp3) is 0.381. The van der Waals surface area contributed by atoms with Crippen LogP contribution in [0.3, 0.4) is 0 Å². The SMILES string of the molecule is COC(=O)Nc1ccc2c(c1)N[C@@H](c1nc(C)cs1)CCCC[C@H](N)c1ncc-2[nH]1. The van der Waals surface area contributed by atoms with Crippen LogP contribution in [0.5, 0.6) is 0 Å². The Morgan fingerprint density at radius 2 is 2.17 bits per heavy atom. The number of imidazole rings is 1. The first-order valence-electron chi connectivity index (χ1n) is 10.0. The van der Waals surface area contributed by atoms with E-state index in [4.69, 9.17) is 15.5 Å². The van der Waals surface area contributed by atoms with Gasteiger partial charge in [0.15, 0.2) is 0 Å². The van der Waals surface area contributed by atoms with E-state index in [1.54, 1.807) is 11.3 Å². The fourth-order valence-electron chi connectivity index (χ4n) is 3.63. The minimum atomic E-state index is -0.509. The molecule has 0 unspecified atom stereocenters. The van der Waals surface area contributed by atoms with Crippen LogP contribution in [-0.2, 0) is 4.74 Å². The molecular weight excluding hydrogens is 400 g/mol. The van der Waals surface area contributed by atoms with Crippen molar-refractivity contribution in [1.82, 2.24) is 15.0 Å². The molecule has 158 valence electrons. The first-order valence-corrected chi connectivity index (χ1v) is 10.9. The summed E-state index contributed by atoms with van der Waals surface area (Å²) in [6.07, 6.45) is 5.15. The summed E-state index contributed by atoms with van der Waals surface area (Å²) in [5.41, 5.74) is 10.7. The largest absolute Gasteiger partial charge is 0.453 e. The van der Waals surface area contributed by atoms with E-state index in [1.165, 1.54) is 7.11 Å². The standard InChI is InChI=1S/C21H26N6O2S/c1-12-11-30-20(24-12)16-6-4-3-5-15(22)19-23-10-18(27-19)14-8-7-13(9-17(14)26-16)25-21(28)29-2/h7-11,15-16,26H,3-6,22H2,1-2H3,(H,23,27)(H,25,28)/t15-,16+/m0/s1. The lowest BCUT2D eigenvalue weighted by molar-refractivity contribution is 0.187. The summed E-state index contributed by atoms with van der Waals surface area (Å²) in [4.78, 5) is 24.3. The highest BCUT2D eigenvalue weighted by molar-refractivity contribution is 7.09. The maximum absolute atomic E-state index is 11.7. The van der Waals surface area contributed by atoms with Gasteiger partial charge in [-0.3, -0.25) is 5.32 Å². The molecule has 1 aliphatic heterocycles. The maximum Gasteiger partial charge on any atom is 0.411 e. The summed E-state index contributed by atoms with van der Waals surface area (Å²) in [7, 11) is 1.34. The molecule has 0 spiro atoms. The van der Waals surface area contributed by atoms with E-state index >= 15 is 0 Å². The molecule has 4 rings (SSSR count). The van der Waals surface area contributed by atoms with Crippen molar-refractivity contribution in [3.63, 3.8) is 0 Å². The molecule has 1 aliphatic rings. The van der Waals surface area contributed by atoms with Crippen LogP contribution in [0.4, 0.5) is 16.2 Å². The summed E-state index contributed by atoms with van der Waals surface area (Å²) in [6, 6.07) is 5.65. The van der Waals surface area contributed by atoms with Gasteiger partial charge in [-0.25, -0.2) is 14.8 Å². The summed E-state index contributed by atoms with van der Waals surface area (Å²) in [5, 5.41) is 9.52. The third-order valence-electron chi connectivity index (χ3n) is 5.21. The second-order valence-corrected chi connectivity index (χ2v) is 8.36. The Kier molecular flexibility index (Phi) is 6.01. The maximum atomic E-state index is 11.7. The number of benzene rings is 1. The number of nitrogens with zero attached hydrogens (tertiary/aromatic N) is 2. The Labute approximate surface area is 179 Å². The van der Waals surface area contributed by atoms with Crippen molar-refractivity contribution in [3.05, 3.63) is 46.3 Å². The highest BCUT2D eigenvalue weighted by Gasteiger charge is 2.21. The number of ether oxygens (including phenoxy) is 1. The van der Waals surface area contributed by atoms with Crippen molar-refractivity contribution in [3.8, 4) is 11.3 Å². The summed E-state index contributed by atoms with van der Waals surface area (Å²) in [6.45, 7) is 2.01. The smallest absolute Gasteiger partial charge is 0.411 e. The second kappa shape index (κ2) is 8.85. The number of aryl methyl sites for hydroxylation is 1. The van der Waals surface area contributed by atoms with Crippen LogP contribution < -0.4 is 16.4 Å². The molecule has 0 saturated heterocycles. The minimum Gasteiger partial charge on any atom is -0.453 e. The van der Waals surface area contributed by atoms with Gasteiger partial charge in [-0.2, -0.15) is 0 Å². The van der Waals surface area contributed by atoms with Crippen molar-refractivity contribution in [2.45, 2.75) is 44.7 Å². The first-order chi connectivity index (χ1) is 14.5. The number of carbonyl (C=O) groups excluding carboxylic acids is 1. The molecule has 0 saturated carbocycles. The van der Waals surface area contributed by atoms with Crippen LogP contribution in [0, 0.1) is 6.92 Å². The number of aromatic nitrogens is 3. The summed E-state index contributed by atoms with van der Waals surface area (Å²) in [5.74, 6) is 0.792. The van der Waals surface area contributed by atoms with E-state index in [9.17, 15) is 4.79 Å². The molecule has 9 heteroatoms. The van der Waals surface area contributed by atoms with E-state index in [0.717, 1.165) is 59.2 Å². The van der Waals surface area contributed by atoms with Gasteiger partial charge in [-0.15, -0.1) is 11.3 Å². The second-order valence-electron chi connectivity index (χ2n) is 7.47. The number of thiazole rings is 1. The molecule has 0 aliphatic carbocycles. The number of methoxy groups -OCH3 is 1. The number of nitrogens with one attached hydrogen (secondary N) is 3. The lowest BCUT2D eigenvalue weighted by Gasteiger charge is -2.22. The van der Waals surface area contributed by atoms with E-state index in [2.05, 4.69) is 26.0 Å². The molecule has 8 nitrogen and oxygen atoms in total. The predicted molar refractivity (Wildman–Crippen MR) is 119 cm³/mol. The molecule has 0 fully saturated rings. The molecule has 1 aromatic carbocycles. The average Bonchev–Trinajstić information content (AvgIpc) is 3.39. The lowest BCUT2D eigenvalue weighted by atomic mass is 10.0. The zero-order valence-electron chi connectivity index (χ0n) is 17.1. The molecule has 2 bridgehead atoms. The summed E-state index contributed by atoms with van der Waals surface area (Å²) >= 11 is 1.66. The highest BCUT2D eigenvalue weighted by atomic mass is 32.1. The average molecular weight is 427 g/mol. The van der Waals surface area contributed by atoms with Crippen molar-refractivity contribution < 1.29 is 9.53 Å². The Morgan fingerprint density at radius 1 is 1.33 bits per heavy atom. The van der Waals surface area contributed by atoms with Gasteiger partial charge in [-0.1, -0.05) is 12.8 Å². The van der Waals surface area contributed by atoms with Gasteiger partial charge >= 0.3 is 6.09 Å². The third-order valence-corrected chi connectivity index (χ3v) is 6.29. The number of rotatable bonds is 2. The van der Waals surface area contributed by atoms with Gasteiger partial charge < -0.3 is 20.8 Å². The topological polar surface area (TPSA) is 118 Å². The Balaban J connectivity index is 1.76. The first kappa shape index (κ1) is 20.4. The van der Waals surface area contributed by atoms with Crippen LogP contribution in [0.15, 0.2) is 29.8 Å². The van der Waals surface area contributed by atoms with Gasteiger partial charge in [0.1, 0.15) is 10.8 Å². The van der Waals surface area contributed by atoms with Gasteiger partial charge in [0.2, 0.25) is 0 Å². The number of fused-ring (bicyclic) bond motifs is 4. The molecule has 2 atom stereocenters. The zero-order chi connectivity index (χ0) is 21.1. The molecule has 3 heterocycles. The molecule has 2 aromatic heterocycles. The van der Waals surface area contributed by atoms with Crippen LogP contribution in [0.25, 0.3) is 11.3 Å². The quantitative estimate of drug-likeness (QED) is 0.470.